The van der Waals surface area contributed by atoms with E-state index in [0.29, 0.717) is 27.3 Å². The van der Waals surface area contributed by atoms with Crippen molar-refractivity contribution in [3.05, 3.63) is 75.9 Å². The van der Waals surface area contributed by atoms with E-state index >= 15 is 0 Å². The summed E-state index contributed by atoms with van der Waals surface area (Å²) in [5.41, 5.74) is 1.36. The zero-order chi connectivity index (χ0) is 17.8. The van der Waals surface area contributed by atoms with Gasteiger partial charge in [-0.15, -0.1) is 6.58 Å². The Morgan fingerprint density at radius 3 is 2.84 bits per heavy atom. The molecule has 126 valence electrons. The fourth-order valence-electron chi connectivity index (χ4n) is 2.19. The number of amides is 1. The molecular formula is C18H13Cl2N3OS. The van der Waals surface area contributed by atoms with Crippen molar-refractivity contribution in [3.8, 4) is 0 Å². The lowest BCUT2D eigenvalue weighted by atomic mass is 10.2. The number of pyridine rings is 1. The maximum Gasteiger partial charge on any atom is 0.267 e. The smallest absolute Gasteiger partial charge is 0.267 e. The summed E-state index contributed by atoms with van der Waals surface area (Å²) in [5.74, 6) is -0.136. The molecule has 4 nitrogen and oxygen atoms in total. The van der Waals surface area contributed by atoms with Gasteiger partial charge in [0.2, 0.25) is 0 Å². The van der Waals surface area contributed by atoms with Crippen molar-refractivity contribution >= 4 is 57.8 Å². The number of aliphatic imine (C=N–C) groups is 1. The highest BCUT2D eigenvalue weighted by Gasteiger charge is 2.32. The highest BCUT2D eigenvalue weighted by molar-refractivity contribution is 8.18. The summed E-state index contributed by atoms with van der Waals surface area (Å²) in [5, 5.41) is 1.44. The van der Waals surface area contributed by atoms with E-state index in [1.54, 1.807) is 47.5 Å². The molecule has 1 aliphatic rings. The van der Waals surface area contributed by atoms with Gasteiger partial charge < -0.3 is 0 Å². The van der Waals surface area contributed by atoms with Gasteiger partial charge in [-0.1, -0.05) is 41.4 Å². The molecule has 0 radical (unpaired) electrons. The molecule has 0 atom stereocenters. The van der Waals surface area contributed by atoms with Crippen LogP contribution in [0.1, 0.15) is 5.56 Å². The SMILES string of the molecule is C=CCN1C(=O)/C(=C/c2cccc(Cl)c2)SC1=Nc1cccnc1Cl. The van der Waals surface area contributed by atoms with E-state index in [1.165, 1.54) is 11.8 Å². The van der Waals surface area contributed by atoms with Crippen molar-refractivity contribution in [3.63, 3.8) is 0 Å². The number of hydrogen-bond donors (Lipinski definition) is 0. The van der Waals surface area contributed by atoms with Crippen molar-refractivity contribution in [2.75, 3.05) is 6.54 Å². The number of thioether (sulfide) groups is 1. The molecule has 1 fully saturated rings. The van der Waals surface area contributed by atoms with Crippen LogP contribution < -0.4 is 0 Å². The van der Waals surface area contributed by atoms with Gasteiger partial charge in [0.15, 0.2) is 10.3 Å². The van der Waals surface area contributed by atoms with E-state index in [0.717, 1.165) is 5.56 Å². The second-order valence-corrected chi connectivity index (χ2v) is 6.88. The molecule has 1 aromatic carbocycles. The number of rotatable bonds is 4. The van der Waals surface area contributed by atoms with Crippen molar-refractivity contribution in [1.82, 2.24) is 9.88 Å². The minimum Gasteiger partial charge on any atom is -0.283 e. The molecule has 0 spiro atoms. The first-order chi connectivity index (χ1) is 12.1. The van der Waals surface area contributed by atoms with Crippen LogP contribution in [0.4, 0.5) is 5.69 Å². The average Bonchev–Trinajstić information content (AvgIpc) is 2.86. The molecule has 0 bridgehead atoms. The Bertz CT molecular complexity index is 895. The Morgan fingerprint density at radius 2 is 2.12 bits per heavy atom. The first-order valence-electron chi connectivity index (χ1n) is 7.35. The second kappa shape index (κ2) is 7.87. The molecule has 1 aromatic heterocycles. The summed E-state index contributed by atoms with van der Waals surface area (Å²) in [6, 6.07) is 10.8. The average molecular weight is 390 g/mol. The van der Waals surface area contributed by atoms with Gasteiger partial charge in [0.25, 0.3) is 5.91 Å². The molecule has 0 saturated carbocycles. The molecular weight excluding hydrogens is 377 g/mol. The number of hydrogen-bond acceptors (Lipinski definition) is 4. The Kier molecular flexibility index (Phi) is 5.58. The number of halogens is 2. The molecule has 1 aliphatic heterocycles. The van der Waals surface area contributed by atoms with Crippen LogP contribution in [0.25, 0.3) is 6.08 Å². The van der Waals surface area contributed by atoms with Crippen molar-refractivity contribution in [2.24, 2.45) is 4.99 Å². The molecule has 7 heteroatoms. The first kappa shape index (κ1) is 17.7. The zero-order valence-electron chi connectivity index (χ0n) is 13.0. The maximum atomic E-state index is 12.7. The van der Waals surface area contributed by atoms with Gasteiger partial charge in [0.1, 0.15) is 5.69 Å². The summed E-state index contributed by atoms with van der Waals surface area (Å²) in [4.78, 5) is 23.3. The van der Waals surface area contributed by atoms with Crippen molar-refractivity contribution < 1.29 is 4.79 Å². The number of aromatic nitrogens is 1. The maximum absolute atomic E-state index is 12.7. The summed E-state index contributed by atoms with van der Waals surface area (Å²) in [6.07, 6.45) is 5.04. The number of carbonyl (C=O) groups is 1. The van der Waals surface area contributed by atoms with Gasteiger partial charge in [-0.25, -0.2) is 9.98 Å². The molecule has 0 aliphatic carbocycles. The minimum absolute atomic E-state index is 0.136. The van der Waals surface area contributed by atoms with E-state index < -0.39 is 0 Å². The minimum atomic E-state index is -0.136. The fourth-order valence-corrected chi connectivity index (χ4v) is 3.55. The lowest BCUT2D eigenvalue weighted by Crippen LogP contribution is -2.29. The lowest BCUT2D eigenvalue weighted by Gasteiger charge is -2.12. The van der Waals surface area contributed by atoms with Crippen LogP contribution in [0.15, 0.2) is 65.1 Å². The fraction of sp³-hybridized carbons (Fsp3) is 0.0556. The zero-order valence-corrected chi connectivity index (χ0v) is 15.4. The molecule has 0 N–H and O–H groups in total. The first-order valence-corrected chi connectivity index (χ1v) is 8.93. The molecule has 1 amide bonds. The van der Waals surface area contributed by atoms with Crippen molar-refractivity contribution in [2.45, 2.75) is 0 Å². The van der Waals surface area contributed by atoms with Crippen LogP contribution in [0.2, 0.25) is 10.2 Å². The Balaban J connectivity index is 1.98. The summed E-state index contributed by atoms with van der Waals surface area (Å²) in [6.45, 7) is 4.06. The molecule has 25 heavy (non-hydrogen) atoms. The Morgan fingerprint density at radius 1 is 1.28 bits per heavy atom. The Hall–Kier alpha value is -2.08. The number of nitrogens with zero attached hydrogens (tertiary/aromatic N) is 3. The largest absolute Gasteiger partial charge is 0.283 e. The van der Waals surface area contributed by atoms with Gasteiger partial charge in [-0.3, -0.25) is 9.69 Å². The number of carbonyl (C=O) groups excluding carboxylic acids is 1. The van der Waals surface area contributed by atoms with E-state index in [-0.39, 0.29) is 11.1 Å². The number of benzene rings is 1. The third-order valence-electron chi connectivity index (χ3n) is 3.30. The topological polar surface area (TPSA) is 45.6 Å². The molecule has 2 heterocycles. The van der Waals surface area contributed by atoms with Crippen LogP contribution >= 0.6 is 35.0 Å². The molecule has 3 rings (SSSR count). The number of amidine groups is 1. The molecule has 1 saturated heterocycles. The third-order valence-corrected chi connectivity index (χ3v) is 4.83. The normalized spacial score (nSPS) is 17.5. The highest BCUT2D eigenvalue weighted by Crippen LogP contribution is 2.35. The van der Waals surface area contributed by atoms with E-state index in [4.69, 9.17) is 23.2 Å². The standard InChI is InChI=1S/C18H13Cl2N3OS/c1-2-9-23-17(24)15(11-12-5-3-6-13(19)10-12)25-18(23)22-14-7-4-8-21-16(14)20/h2-8,10-11H,1,9H2/b15-11-,22-18?. The monoisotopic (exact) mass is 389 g/mol. The molecule has 0 unspecified atom stereocenters. The van der Waals surface area contributed by atoms with Crippen LogP contribution in [0, 0.1) is 0 Å². The predicted molar refractivity (Wildman–Crippen MR) is 105 cm³/mol. The van der Waals surface area contributed by atoms with E-state index in [1.807, 2.05) is 12.1 Å². The quantitative estimate of drug-likeness (QED) is 0.411. The summed E-state index contributed by atoms with van der Waals surface area (Å²) >= 11 is 13.4. The second-order valence-electron chi connectivity index (χ2n) is 5.08. The van der Waals surface area contributed by atoms with Gasteiger partial charge in [-0.2, -0.15) is 0 Å². The Labute approximate surface area is 159 Å². The van der Waals surface area contributed by atoms with Crippen LogP contribution in [-0.2, 0) is 4.79 Å². The van der Waals surface area contributed by atoms with E-state index in [2.05, 4.69) is 16.6 Å². The lowest BCUT2D eigenvalue weighted by molar-refractivity contribution is -0.121. The molecule has 2 aromatic rings. The van der Waals surface area contributed by atoms with Crippen LogP contribution in [0.3, 0.4) is 0 Å². The highest BCUT2D eigenvalue weighted by atomic mass is 35.5. The predicted octanol–water partition coefficient (Wildman–Crippen LogP) is 5.18. The summed E-state index contributed by atoms with van der Waals surface area (Å²) < 4.78 is 0. The van der Waals surface area contributed by atoms with Gasteiger partial charge in [0, 0.05) is 17.8 Å². The summed E-state index contributed by atoms with van der Waals surface area (Å²) in [7, 11) is 0. The van der Waals surface area contributed by atoms with Gasteiger partial charge in [0.05, 0.1) is 4.91 Å². The van der Waals surface area contributed by atoms with Gasteiger partial charge in [-0.05, 0) is 47.7 Å². The third kappa shape index (κ3) is 4.12. The van der Waals surface area contributed by atoms with E-state index in [9.17, 15) is 4.79 Å². The van der Waals surface area contributed by atoms with Crippen LogP contribution in [-0.4, -0.2) is 27.5 Å². The van der Waals surface area contributed by atoms with Crippen LogP contribution in [0.5, 0.6) is 0 Å². The van der Waals surface area contributed by atoms with Gasteiger partial charge >= 0.3 is 0 Å². The van der Waals surface area contributed by atoms with Crippen molar-refractivity contribution in [1.29, 1.82) is 0 Å².